The summed E-state index contributed by atoms with van der Waals surface area (Å²) in [6.45, 7) is 4.11. The Balaban J connectivity index is 2.86. The van der Waals surface area contributed by atoms with Crippen LogP contribution in [0.5, 0.6) is 5.75 Å². The van der Waals surface area contributed by atoms with Crippen molar-refractivity contribution < 1.29 is 19.4 Å². The summed E-state index contributed by atoms with van der Waals surface area (Å²) in [5, 5.41) is 11.9. The first-order valence-corrected chi connectivity index (χ1v) is 7.25. The zero-order valence-electron chi connectivity index (χ0n) is 12.8. The van der Waals surface area contributed by atoms with Gasteiger partial charge >= 0.3 is 5.97 Å². The van der Waals surface area contributed by atoms with Crippen molar-refractivity contribution in [1.82, 2.24) is 0 Å². The second-order valence-electron chi connectivity index (χ2n) is 4.98. The molecule has 0 aliphatic heterocycles. The minimum atomic E-state index is -1.06. The summed E-state index contributed by atoms with van der Waals surface area (Å²) in [6, 6.07) is 4.56. The molecule has 5 nitrogen and oxygen atoms in total. The van der Waals surface area contributed by atoms with Gasteiger partial charge in [-0.3, -0.25) is 4.79 Å². The third-order valence-corrected chi connectivity index (χ3v) is 3.34. The number of benzene rings is 1. The summed E-state index contributed by atoms with van der Waals surface area (Å²) in [5.74, 6) is -0.851. The molecule has 2 N–H and O–H groups in total. The number of carbonyl (C=O) groups excluding carboxylic acids is 1. The van der Waals surface area contributed by atoms with Crippen LogP contribution in [-0.4, -0.2) is 24.1 Å². The SMILES string of the molecule is CCCC(CCC)C(=O)Nc1ccc(C(=O)O)c(OC)c1. The first-order chi connectivity index (χ1) is 10.0. The zero-order valence-corrected chi connectivity index (χ0v) is 12.8. The molecule has 1 amide bonds. The van der Waals surface area contributed by atoms with Crippen molar-refractivity contribution in [2.75, 3.05) is 12.4 Å². The van der Waals surface area contributed by atoms with Crippen molar-refractivity contribution in [3.63, 3.8) is 0 Å². The van der Waals surface area contributed by atoms with Crippen LogP contribution in [-0.2, 0) is 4.79 Å². The number of rotatable bonds is 8. The summed E-state index contributed by atoms with van der Waals surface area (Å²) >= 11 is 0. The molecule has 0 radical (unpaired) electrons. The summed E-state index contributed by atoms with van der Waals surface area (Å²) in [4.78, 5) is 23.3. The third-order valence-electron chi connectivity index (χ3n) is 3.34. The maximum absolute atomic E-state index is 12.2. The number of methoxy groups -OCH3 is 1. The van der Waals surface area contributed by atoms with E-state index >= 15 is 0 Å². The van der Waals surface area contributed by atoms with Crippen LogP contribution in [0.3, 0.4) is 0 Å². The lowest BCUT2D eigenvalue weighted by atomic mass is 9.97. The molecule has 0 unspecified atom stereocenters. The average Bonchev–Trinajstić information content (AvgIpc) is 2.46. The molecular formula is C16H23NO4. The topological polar surface area (TPSA) is 75.6 Å². The van der Waals surface area contributed by atoms with Crippen LogP contribution in [0.4, 0.5) is 5.69 Å². The molecule has 0 aliphatic carbocycles. The van der Waals surface area contributed by atoms with Gasteiger partial charge in [-0.15, -0.1) is 0 Å². The maximum atomic E-state index is 12.2. The Morgan fingerprint density at radius 2 is 1.86 bits per heavy atom. The number of ether oxygens (including phenoxy) is 1. The van der Waals surface area contributed by atoms with Gasteiger partial charge in [0.2, 0.25) is 5.91 Å². The molecular weight excluding hydrogens is 270 g/mol. The van der Waals surface area contributed by atoms with Gasteiger partial charge in [0.15, 0.2) is 0 Å². The van der Waals surface area contributed by atoms with E-state index < -0.39 is 5.97 Å². The van der Waals surface area contributed by atoms with Crippen LogP contribution >= 0.6 is 0 Å². The predicted octanol–water partition coefficient (Wildman–Crippen LogP) is 3.55. The number of carbonyl (C=O) groups is 2. The van der Waals surface area contributed by atoms with Gasteiger partial charge in [0.1, 0.15) is 11.3 Å². The van der Waals surface area contributed by atoms with Gasteiger partial charge in [-0.25, -0.2) is 4.79 Å². The summed E-state index contributed by atoms with van der Waals surface area (Å²) < 4.78 is 5.05. The monoisotopic (exact) mass is 293 g/mol. The quantitative estimate of drug-likeness (QED) is 0.768. The number of carboxylic acid groups (broad SMARTS) is 1. The largest absolute Gasteiger partial charge is 0.496 e. The van der Waals surface area contributed by atoms with E-state index in [1.807, 2.05) is 0 Å². The Morgan fingerprint density at radius 3 is 2.33 bits per heavy atom. The number of nitrogens with one attached hydrogen (secondary N) is 1. The Hall–Kier alpha value is -2.04. The molecule has 1 aromatic rings. The van der Waals surface area contributed by atoms with Gasteiger partial charge in [-0.1, -0.05) is 26.7 Å². The summed E-state index contributed by atoms with van der Waals surface area (Å²) in [6.07, 6.45) is 3.62. The minimum Gasteiger partial charge on any atom is -0.496 e. The van der Waals surface area contributed by atoms with E-state index in [-0.39, 0.29) is 23.1 Å². The predicted molar refractivity (Wildman–Crippen MR) is 81.9 cm³/mol. The Bertz CT molecular complexity index is 493. The second-order valence-corrected chi connectivity index (χ2v) is 4.98. The summed E-state index contributed by atoms with van der Waals surface area (Å²) in [5.41, 5.74) is 0.633. The van der Waals surface area contributed by atoms with E-state index in [1.54, 1.807) is 6.07 Å². The van der Waals surface area contributed by atoms with Crippen LogP contribution in [0.1, 0.15) is 49.9 Å². The highest BCUT2D eigenvalue weighted by atomic mass is 16.5. The zero-order chi connectivity index (χ0) is 15.8. The van der Waals surface area contributed by atoms with Crippen molar-refractivity contribution in [2.45, 2.75) is 39.5 Å². The average molecular weight is 293 g/mol. The standard InChI is InChI=1S/C16H23NO4/c1-4-6-11(7-5-2)15(18)17-12-8-9-13(16(19)20)14(10-12)21-3/h8-11H,4-7H2,1-3H3,(H,17,18)(H,19,20). The molecule has 5 heteroatoms. The van der Waals surface area contributed by atoms with Gasteiger partial charge in [-0.05, 0) is 25.0 Å². The van der Waals surface area contributed by atoms with Crippen LogP contribution in [0.25, 0.3) is 0 Å². The van der Waals surface area contributed by atoms with Gasteiger partial charge < -0.3 is 15.2 Å². The Labute approximate surface area is 125 Å². The highest BCUT2D eigenvalue weighted by molar-refractivity contribution is 5.95. The fourth-order valence-electron chi connectivity index (χ4n) is 2.29. The van der Waals surface area contributed by atoms with Crippen molar-refractivity contribution in [1.29, 1.82) is 0 Å². The first kappa shape index (κ1) is 17.0. The van der Waals surface area contributed by atoms with Crippen molar-refractivity contribution >= 4 is 17.6 Å². The maximum Gasteiger partial charge on any atom is 0.339 e. The molecule has 0 aliphatic rings. The lowest BCUT2D eigenvalue weighted by Crippen LogP contribution is -2.22. The smallest absolute Gasteiger partial charge is 0.339 e. The number of anilines is 1. The molecule has 21 heavy (non-hydrogen) atoms. The van der Waals surface area contributed by atoms with Gasteiger partial charge in [0.05, 0.1) is 7.11 Å². The van der Waals surface area contributed by atoms with Crippen molar-refractivity contribution in [3.8, 4) is 5.75 Å². The third kappa shape index (κ3) is 4.77. The lowest BCUT2D eigenvalue weighted by molar-refractivity contribution is -0.120. The van der Waals surface area contributed by atoms with E-state index in [2.05, 4.69) is 19.2 Å². The summed E-state index contributed by atoms with van der Waals surface area (Å²) in [7, 11) is 1.41. The molecule has 1 rings (SSSR count). The second kappa shape index (κ2) is 8.29. The van der Waals surface area contributed by atoms with Gasteiger partial charge in [-0.2, -0.15) is 0 Å². The lowest BCUT2D eigenvalue weighted by Gasteiger charge is -2.16. The van der Waals surface area contributed by atoms with Crippen LogP contribution < -0.4 is 10.1 Å². The van der Waals surface area contributed by atoms with Gasteiger partial charge in [0.25, 0.3) is 0 Å². The van der Waals surface area contributed by atoms with Crippen molar-refractivity contribution in [2.24, 2.45) is 5.92 Å². The van der Waals surface area contributed by atoms with Crippen LogP contribution in [0, 0.1) is 5.92 Å². The van der Waals surface area contributed by atoms with E-state index in [1.165, 1.54) is 19.2 Å². The molecule has 0 saturated heterocycles. The Morgan fingerprint density at radius 1 is 1.24 bits per heavy atom. The van der Waals surface area contributed by atoms with E-state index in [0.29, 0.717) is 5.69 Å². The molecule has 0 bridgehead atoms. The van der Waals surface area contributed by atoms with Crippen LogP contribution in [0.2, 0.25) is 0 Å². The number of hydrogen-bond donors (Lipinski definition) is 2. The van der Waals surface area contributed by atoms with E-state index in [9.17, 15) is 9.59 Å². The fourth-order valence-corrected chi connectivity index (χ4v) is 2.29. The van der Waals surface area contributed by atoms with E-state index in [0.717, 1.165) is 25.7 Å². The van der Waals surface area contributed by atoms with Crippen molar-refractivity contribution in [3.05, 3.63) is 23.8 Å². The molecule has 116 valence electrons. The number of aromatic carboxylic acids is 1. The number of amides is 1. The number of hydrogen-bond acceptors (Lipinski definition) is 3. The first-order valence-electron chi connectivity index (χ1n) is 7.25. The fraction of sp³-hybridized carbons (Fsp3) is 0.500. The van der Waals surface area contributed by atoms with Crippen LogP contribution in [0.15, 0.2) is 18.2 Å². The Kier molecular flexibility index (Phi) is 6.72. The minimum absolute atomic E-state index is 0.00912. The normalized spacial score (nSPS) is 10.5. The molecule has 0 heterocycles. The molecule has 0 spiro atoms. The van der Waals surface area contributed by atoms with Gasteiger partial charge in [0, 0.05) is 17.7 Å². The molecule has 0 aromatic heterocycles. The molecule has 0 saturated carbocycles. The van der Waals surface area contributed by atoms with E-state index in [4.69, 9.17) is 9.84 Å². The number of carboxylic acids is 1. The highest BCUT2D eigenvalue weighted by Gasteiger charge is 2.18. The molecule has 1 aromatic carbocycles. The molecule has 0 fully saturated rings. The molecule has 0 atom stereocenters. The highest BCUT2D eigenvalue weighted by Crippen LogP contribution is 2.24.